The fraction of sp³-hybridized carbons (Fsp3) is 0.105. The minimum Gasteiger partial charge on any atom is -0.449 e. The van der Waals surface area contributed by atoms with Crippen molar-refractivity contribution in [2.24, 2.45) is 0 Å². The number of hydrogen-bond donors (Lipinski definition) is 1. The maximum Gasteiger partial charge on any atom is 0.331 e. The number of carbonyl (C=O) groups is 2. The van der Waals surface area contributed by atoms with Gasteiger partial charge in [-0.2, -0.15) is 5.26 Å². The molecule has 2 aromatic rings. The molecule has 0 aliphatic rings. The molecule has 0 radical (unpaired) electrons. The minimum atomic E-state index is -1.07. The summed E-state index contributed by atoms with van der Waals surface area (Å²) in [6.07, 6.45) is 1.11. The third-order valence-electron chi connectivity index (χ3n) is 3.33. The summed E-state index contributed by atoms with van der Waals surface area (Å²) < 4.78 is 18.6. The highest BCUT2D eigenvalue weighted by Gasteiger charge is 2.17. The Morgan fingerprint density at radius 1 is 1.27 bits per heavy atom. The molecule has 0 fully saturated rings. The SMILES string of the molecule is C[C@H](OC(=O)/C=C/c1c(F)cccc1Cl)C(=O)Nc1ccc(C#N)cc1. The summed E-state index contributed by atoms with van der Waals surface area (Å²) in [5.41, 5.74) is 0.978. The molecule has 0 aromatic heterocycles. The molecule has 2 rings (SSSR count). The molecular formula is C19H14ClFN2O3. The maximum atomic E-state index is 13.6. The highest BCUT2D eigenvalue weighted by Crippen LogP contribution is 2.20. The molecule has 1 N–H and O–H groups in total. The zero-order chi connectivity index (χ0) is 19.1. The van der Waals surface area contributed by atoms with Crippen molar-refractivity contribution in [2.45, 2.75) is 13.0 Å². The number of amides is 1. The van der Waals surface area contributed by atoms with E-state index in [-0.39, 0.29) is 10.6 Å². The van der Waals surface area contributed by atoms with Gasteiger partial charge in [0.25, 0.3) is 5.91 Å². The molecule has 1 amide bonds. The van der Waals surface area contributed by atoms with Crippen LogP contribution < -0.4 is 5.32 Å². The summed E-state index contributed by atoms with van der Waals surface area (Å²) in [7, 11) is 0. The second-order valence-corrected chi connectivity index (χ2v) is 5.63. The molecule has 1 atom stereocenters. The average molecular weight is 373 g/mol. The number of benzene rings is 2. The number of nitriles is 1. The molecule has 132 valence electrons. The lowest BCUT2D eigenvalue weighted by Gasteiger charge is -2.12. The standard InChI is InChI=1S/C19H14ClFN2O3/c1-12(19(25)23-14-7-5-13(11-22)6-8-14)26-18(24)10-9-15-16(20)3-2-4-17(15)21/h2-10,12H,1H3,(H,23,25)/b10-9+/t12-/m0/s1. The fourth-order valence-electron chi connectivity index (χ4n) is 1.96. The highest BCUT2D eigenvalue weighted by atomic mass is 35.5. The van der Waals surface area contributed by atoms with Gasteiger partial charge in [0.1, 0.15) is 5.82 Å². The molecule has 26 heavy (non-hydrogen) atoms. The molecule has 0 saturated carbocycles. The van der Waals surface area contributed by atoms with E-state index in [0.717, 1.165) is 6.08 Å². The Balaban J connectivity index is 1.94. The molecule has 0 aliphatic heterocycles. The zero-order valence-electron chi connectivity index (χ0n) is 13.7. The van der Waals surface area contributed by atoms with Crippen molar-refractivity contribution in [2.75, 3.05) is 5.32 Å². The number of nitrogens with zero attached hydrogens (tertiary/aromatic N) is 1. The molecule has 0 unspecified atom stereocenters. The number of hydrogen-bond acceptors (Lipinski definition) is 4. The van der Waals surface area contributed by atoms with Crippen molar-refractivity contribution < 1.29 is 18.7 Å². The van der Waals surface area contributed by atoms with Gasteiger partial charge in [0.05, 0.1) is 16.7 Å². The van der Waals surface area contributed by atoms with Crippen LogP contribution in [0.5, 0.6) is 0 Å². The quantitative estimate of drug-likeness (QED) is 0.637. The smallest absolute Gasteiger partial charge is 0.331 e. The Bertz CT molecular complexity index is 868. The van der Waals surface area contributed by atoms with Crippen molar-refractivity contribution in [3.05, 3.63) is 70.5 Å². The number of ether oxygens (including phenoxy) is 1. The third-order valence-corrected chi connectivity index (χ3v) is 3.66. The lowest BCUT2D eigenvalue weighted by Crippen LogP contribution is -2.29. The van der Waals surface area contributed by atoms with Gasteiger partial charge in [0.2, 0.25) is 0 Å². The van der Waals surface area contributed by atoms with Crippen molar-refractivity contribution >= 4 is 35.2 Å². The van der Waals surface area contributed by atoms with E-state index in [1.165, 1.54) is 31.2 Å². The highest BCUT2D eigenvalue weighted by molar-refractivity contribution is 6.32. The summed E-state index contributed by atoms with van der Waals surface area (Å²) in [6.45, 7) is 1.40. The van der Waals surface area contributed by atoms with Crippen LogP contribution in [0.1, 0.15) is 18.1 Å². The van der Waals surface area contributed by atoms with E-state index in [4.69, 9.17) is 21.6 Å². The number of nitrogens with one attached hydrogen (secondary N) is 1. The third kappa shape index (κ3) is 5.16. The van der Waals surface area contributed by atoms with Gasteiger partial charge in [-0.05, 0) is 49.4 Å². The Labute approximate surface area is 154 Å². The molecule has 0 saturated heterocycles. The Hall–Kier alpha value is -3.17. The van der Waals surface area contributed by atoms with Gasteiger partial charge in [-0.1, -0.05) is 17.7 Å². The minimum absolute atomic E-state index is 0.0563. The van der Waals surface area contributed by atoms with Gasteiger partial charge in [-0.3, -0.25) is 4.79 Å². The molecule has 2 aromatic carbocycles. The van der Waals surface area contributed by atoms with Crippen molar-refractivity contribution in [1.82, 2.24) is 0 Å². The Morgan fingerprint density at radius 2 is 1.96 bits per heavy atom. The van der Waals surface area contributed by atoms with Gasteiger partial charge in [0.15, 0.2) is 6.10 Å². The van der Waals surface area contributed by atoms with Crippen LogP contribution in [-0.4, -0.2) is 18.0 Å². The molecular weight excluding hydrogens is 359 g/mol. The molecule has 0 spiro atoms. The van der Waals surface area contributed by atoms with E-state index < -0.39 is 23.8 Å². The van der Waals surface area contributed by atoms with E-state index in [9.17, 15) is 14.0 Å². The van der Waals surface area contributed by atoms with Crippen LogP contribution in [0.3, 0.4) is 0 Å². The lowest BCUT2D eigenvalue weighted by molar-refractivity contribution is -0.148. The van der Waals surface area contributed by atoms with Gasteiger partial charge in [-0.25, -0.2) is 9.18 Å². The number of anilines is 1. The molecule has 5 nitrogen and oxygen atoms in total. The molecule has 0 heterocycles. The van der Waals surface area contributed by atoms with Crippen LogP contribution in [0.25, 0.3) is 6.08 Å². The molecule has 0 aliphatic carbocycles. The molecule has 0 bridgehead atoms. The normalized spacial score (nSPS) is 11.6. The number of esters is 1. The van der Waals surface area contributed by atoms with Crippen LogP contribution in [0.2, 0.25) is 5.02 Å². The Kier molecular flexibility index (Phi) is 6.48. The largest absolute Gasteiger partial charge is 0.449 e. The van der Waals surface area contributed by atoms with E-state index in [2.05, 4.69) is 5.32 Å². The van der Waals surface area contributed by atoms with Gasteiger partial charge in [0, 0.05) is 17.3 Å². The zero-order valence-corrected chi connectivity index (χ0v) is 14.5. The van der Waals surface area contributed by atoms with Crippen molar-refractivity contribution in [1.29, 1.82) is 5.26 Å². The van der Waals surface area contributed by atoms with E-state index in [0.29, 0.717) is 11.3 Å². The summed E-state index contributed by atoms with van der Waals surface area (Å²) in [5.74, 6) is -1.93. The van der Waals surface area contributed by atoms with E-state index in [1.807, 2.05) is 6.07 Å². The summed E-state index contributed by atoms with van der Waals surface area (Å²) >= 11 is 5.85. The number of halogens is 2. The lowest BCUT2D eigenvalue weighted by atomic mass is 10.2. The van der Waals surface area contributed by atoms with Gasteiger partial charge >= 0.3 is 5.97 Å². The van der Waals surface area contributed by atoms with Crippen LogP contribution >= 0.6 is 11.6 Å². The van der Waals surface area contributed by atoms with E-state index >= 15 is 0 Å². The Morgan fingerprint density at radius 3 is 2.58 bits per heavy atom. The topological polar surface area (TPSA) is 79.2 Å². The first-order valence-electron chi connectivity index (χ1n) is 7.54. The second kappa shape index (κ2) is 8.79. The van der Waals surface area contributed by atoms with Crippen LogP contribution in [0, 0.1) is 17.1 Å². The summed E-state index contributed by atoms with van der Waals surface area (Å²) in [4.78, 5) is 23.8. The van der Waals surface area contributed by atoms with Crippen molar-refractivity contribution in [3.63, 3.8) is 0 Å². The summed E-state index contributed by atoms with van der Waals surface area (Å²) in [5, 5.41) is 11.4. The monoisotopic (exact) mass is 372 g/mol. The summed E-state index contributed by atoms with van der Waals surface area (Å²) in [6, 6.07) is 12.3. The fourth-order valence-corrected chi connectivity index (χ4v) is 2.19. The van der Waals surface area contributed by atoms with E-state index in [1.54, 1.807) is 24.3 Å². The average Bonchev–Trinajstić information content (AvgIpc) is 2.61. The maximum absolute atomic E-state index is 13.6. The predicted octanol–water partition coefficient (Wildman–Crippen LogP) is 3.93. The number of carbonyl (C=O) groups excluding carboxylic acids is 2. The first-order chi connectivity index (χ1) is 12.4. The number of rotatable bonds is 5. The van der Waals surface area contributed by atoms with Gasteiger partial charge in [-0.15, -0.1) is 0 Å². The van der Waals surface area contributed by atoms with Gasteiger partial charge < -0.3 is 10.1 Å². The van der Waals surface area contributed by atoms with Crippen LogP contribution in [0.4, 0.5) is 10.1 Å². The first kappa shape index (κ1) is 19.2. The predicted molar refractivity (Wildman–Crippen MR) is 95.8 cm³/mol. The van der Waals surface area contributed by atoms with Crippen LogP contribution in [0.15, 0.2) is 48.5 Å². The van der Waals surface area contributed by atoms with Crippen LogP contribution in [-0.2, 0) is 14.3 Å². The first-order valence-corrected chi connectivity index (χ1v) is 7.92. The molecule has 7 heteroatoms. The van der Waals surface area contributed by atoms with Crippen molar-refractivity contribution in [3.8, 4) is 6.07 Å². The second-order valence-electron chi connectivity index (χ2n) is 5.23.